The van der Waals surface area contributed by atoms with E-state index in [1.807, 2.05) is 31.3 Å². The monoisotopic (exact) mass is 485 g/mol. The number of aliphatic imine (C=N–C) groups is 1. The normalized spacial score (nSPS) is 16.9. The summed E-state index contributed by atoms with van der Waals surface area (Å²) < 4.78 is 15.9. The average Bonchev–Trinajstić information content (AvgIpc) is 3.35. The predicted molar refractivity (Wildman–Crippen MR) is 112 cm³/mol. The van der Waals surface area contributed by atoms with Gasteiger partial charge in [0.25, 0.3) is 0 Å². The van der Waals surface area contributed by atoms with Crippen molar-refractivity contribution in [2.45, 2.75) is 13.1 Å². The van der Waals surface area contributed by atoms with Gasteiger partial charge >= 0.3 is 0 Å². The molecule has 0 saturated carbocycles. The number of halogens is 1. The quantitative estimate of drug-likeness (QED) is 0.403. The molecule has 1 aromatic heterocycles. The number of hydrogen-bond donors (Lipinski definition) is 1. The molecule has 0 amide bonds. The first kappa shape index (κ1) is 19.7. The van der Waals surface area contributed by atoms with Crippen LogP contribution in [0.1, 0.15) is 11.3 Å². The lowest BCUT2D eigenvalue weighted by molar-refractivity contribution is 0.168. The average molecular weight is 485 g/mol. The standard InChI is InChI=1S/C18H23N5O3.HI/c1-19-18(20-11-14-3-2-4-16-17(14)25-13-24-16)23-8-6-22(7-9-23)12-15-5-10-26-21-15;/h2-5,10H,6-9,11-13H2,1H3,(H,19,20);1H. The van der Waals surface area contributed by atoms with Crippen LogP contribution in [0.3, 0.4) is 0 Å². The molecule has 4 rings (SSSR count). The van der Waals surface area contributed by atoms with Crippen molar-refractivity contribution in [1.29, 1.82) is 0 Å². The summed E-state index contributed by atoms with van der Waals surface area (Å²) in [5, 5.41) is 7.42. The Morgan fingerprint density at radius 3 is 2.78 bits per heavy atom. The number of nitrogens with zero attached hydrogens (tertiary/aromatic N) is 4. The van der Waals surface area contributed by atoms with Gasteiger partial charge in [-0.3, -0.25) is 9.89 Å². The van der Waals surface area contributed by atoms with Crippen LogP contribution in [-0.4, -0.2) is 60.9 Å². The number of fused-ring (bicyclic) bond motifs is 1. The molecule has 3 heterocycles. The van der Waals surface area contributed by atoms with Gasteiger partial charge in [-0.15, -0.1) is 24.0 Å². The summed E-state index contributed by atoms with van der Waals surface area (Å²) >= 11 is 0. The Morgan fingerprint density at radius 1 is 1.19 bits per heavy atom. The summed E-state index contributed by atoms with van der Waals surface area (Å²) in [6.45, 7) is 5.53. The van der Waals surface area contributed by atoms with E-state index in [0.717, 1.165) is 61.4 Å². The molecule has 1 fully saturated rings. The fourth-order valence-electron chi connectivity index (χ4n) is 3.30. The Bertz CT molecular complexity index is 760. The van der Waals surface area contributed by atoms with Crippen LogP contribution in [0.5, 0.6) is 11.5 Å². The molecule has 0 spiro atoms. The Kier molecular flexibility index (Phi) is 6.78. The molecule has 2 aliphatic rings. The maximum Gasteiger partial charge on any atom is 0.231 e. The lowest BCUT2D eigenvalue weighted by atomic mass is 10.2. The van der Waals surface area contributed by atoms with Crippen LogP contribution >= 0.6 is 24.0 Å². The molecule has 8 nitrogen and oxygen atoms in total. The summed E-state index contributed by atoms with van der Waals surface area (Å²) in [5.41, 5.74) is 2.05. The number of benzene rings is 1. The minimum absolute atomic E-state index is 0. The van der Waals surface area contributed by atoms with E-state index in [9.17, 15) is 0 Å². The third-order valence-electron chi connectivity index (χ3n) is 4.68. The van der Waals surface area contributed by atoms with E-state index in [4.69, 9.17) is 14.0 Å². The van der Waals surface area contributed by atoms with Gasteiger partial charge in [0.1, 0.15) is 6.26 Å². The van der Waals surface area contributed by atoms with Crippen molar-refractivity contribution in [2.75, 3.05) is 40.0 Å². The van der Waals surface area contributed by atoms with Gasteiger partial charge in [0.15, 0.2) is 17.5 Å². The van der Waals surface area contributed by atoms with E-state index < -0.39 is 0 Å². The van der Waals surface area contributed by atoms with Crippen molar-refractivity contribution in [3.63, 3.8) is 0 Å². The lowest BCUT2D eigenvalue weighted by Gasteiger charge is -2.36. The first-order valence-corrected chi connectivity index (χ1v) is 8.78. The first-order valence-electron chi connectivity index (χ1n) is 8.78. The van der Waals surface area contributed by atoms with Gasteiger partial charge in [0, 0.05) is 57.9 Å². The Hall–Kier alpha value is -2.01. The second kappa shape index (κ2) is 9.27. The topological polar surface area (TPSA) is 75.4 Å². The van der Waals surface area contributed by atoms with E-state index in [0.29, 0.717) is 6.54 Å². The highest BCUT2D eigenvalue weighted by molar-refractivity contribution is 14.0. The third kappa shape index (κ3) is 4.64. The predicted octanol–water partition coefficient (Wildman–Crippen LogP) is 1.91. The fraction of sp³-hybridized carbons (Fsp3) is 0.444. The van der Waals surface area contributed by atoms with Gasteiger partial charge in [0.05, 0.1) is 5.69 Å². The van der Waals surface area contributed by atoms with Gasteiger partial charge in [-0.2, -0.15) is 0 Å². The number of ether oxygens (including phenoxy) is 2. The second-order valence-electron chi connectivity index (χ2n) is 6.31. The Balaban J connectivity index is 0.00000210. The molecule has 146 valence electrons. The molecule has 1 N–H and O–H groups in total. The van der Waals surface area contributed by atoms with Crippen LogP contribution in [0.2, 0.25) is 0 Å². The molecule has 9 heteroatoms. The second-order valence-corrected chi connectivity index (χ2v) is 6.31. The summed E-state index contributed by atoms with van der Waals surface area (Å²) in [6, 6.07) is 7.87. The minimum Gasteiger partial charge on any atom is -0.454 e. The third-order valence-corrected chi connectivity index (χ3v) is 4.68. The zero-order valence-electron chi connectivity index (χ0n) is 15.3. The number of guanidine groups is 1. The molecular formula is C18H24IN5O3. The summed E-state index contributed by atoms with van der Waals surface area (Å²) in [6.07, 6.45) is 1.62. The number of aromatic nitrogens is 1. The van der Waals surface area contributed by atoms with E-state index in [1.165, 1.54) is 0 Å². The Morgan fingerprint density at radius 2 is 2.04 bits per heavy atom. The lowest BCUT2D eigenvalue weighted by Crippen LogP contribution is -2.52. The molecule has 1 aromatic carbocycles. The zero-order valence-corrected chi connectivity index (χ0v) is 17.6. The smallest absolute Gasteiger partial charge is 0.231 e. The maximum atomic E-state index is 5.57. The van der Waals surface area contributed by atoms with Crippen molar-refractivity contribution in [1.82, 2.24) is 20.3 Å². The van der Waals surface area contributed by atoms with Crippen LogP contribution < -0.4 is 14.8 Å². The van der Waals surface area contributed by atoms with Crippen molar-refractivity contribution in [3.8, 4) is 11.5 Å². The SMILES string of the molecule is CN=C(NCc1cccc2c1OCO2)N1CCN(Cc2ccon2)CC1.I. The minimum atomic E-state index is 0. The molecule has 27 heavy (non-hydrogen) atoms. The molecule has 2 aliphatic heterocycles. The van der Waals surface area contributed by atoms with Crippen molar-refractivity contribution < 1.29 is 14.0 Å². The highest BCUT2D eigenvalue weighted by Gasteiger charge is 2.21. The summed E-state index contributed by atoms with van der Waals surface area (Å²) in [4.78, 5) is 9.08. The zero-order chi connectivity index (χ0) is 17.8. The van der Waals surface area contributed by atoms with Crippen molar-refractivity contribution in [2.24, 2.45) is 4.99 Å². The van der Waals surface area contributed by atoms with E-state index in [1.54, 1.807) is 6.26 Å². The van der Waals surface area contributed by atoms with Crippen LogP contribution in [0.4, 0.5) is 0 Å². The number of rotatable bonds is 4. The number of nitrogens with one attached hydrogen (secondary N) is 1. The maximum absolute atomic E-state index is 5.57. The highest BCUT2D eigenvalue weighted by Crippen LogP contribution is 2.35. The van der Waals surface area contributed by atoms with Gasteiger partial charge in [-0.25, -0.2) is 0 Å². The first-order chi connectivity index (χ1) is 12.8. The van der Waals surface area contributed by atoms with Crippen molar-refractivity contribution >= 4 is 29.9 Å². The van der Waals surface area contributed by atoms with Gasteiger partial charge < -0.3 is 24.2 Å². The van der Waals surface area contributed by atoms with Gasteiger partial charge in [-0.1, -0.05) is 17.3 Å². The largest absolute Gasteiger partial charge is 0.454 e. The summed E-state index contributed by atoms with van der Waals surface area (Å²) in [7, 11) is 1.82. The van der Waals surface area contributed by atoms with Gasteiger partial charge in [-0.05, 0) is 6.07 Å². The van der Waals surface area contributed by atoms with Crippen LogP contribution in [0, 0.1) is 0 Å². The van der Waals surface area contributed by atoms with Crippen LogP contribution in [0.25, 0.3) is 0 Å². The Labute approximate surface area is 175 Å². The van der Waals surface area contributed by atoms with E-state index >= 15 is 0 Å². The molecule has 2 aromatic rings. The van der Waals surface area contributed by atoms with Crippen molar-refractivity contribution in [3.05, 3.63) is 41.8 Å². The van der Waals surface area contributed by atoms with E-state index in [-0.39, 0.29) is 30.8 Å². The molecular weight excluding hydrogens is 461 g/mol. The fourth-order valence-corrected chi connectivity index (χ4v) is 3.30. The molecule has 0 unspecified atom stereocenters. The number of hydrogen-bond acceptors (Lipinski definition) is 6. The number of piperazine rings is 1. The van der Waals surface area contributed by atoms with Gasteiger partial charge in [0.2, 0.25) is 6.79 Å². The highest BCUT2D eigenvalue weighted by atomic mass is 127. The molecule has 0 bridgehead atoms. The molecule has 0 aliphatic carbocycles. The van der Waals surface area contributed by atoms with Crippen LogP contribution in [0.15, 0.2) is 40.0 Å². The van der Waals surface area contributed by atoms with Crippen LogP contribution in [-0.2, 0) is 13.1 Å². The molecule has 0 atom stereocenters. The summed E-state index contributed by atoms with van der Waals surface area (Å²) in [5.74, 6) is 2.54. The molecule has 0 radical (unpaired) electrons. The van der Waals surface area contributed by atoms with E-state index in [2.05, 4.69) is 25.3 Å². The molecule has 1 saturated heterocycles. The number of para-hydroxylation sites is 1.